The molecule has 154 valence electrons. The van der Waals surface area contributed by atoms with Gasteiger partial charge < -0.3 is 15.0 Å². The van der Waals surface area contributed by atoms with Crippen molar-refractivity contribution in [3.8, 4) is 0 Å². The van der Waals surface area contributed by atoms with Gasteiger partial charge in [0.2, 0.25) is 0 Å². The highest BCUT2D eigenvalue weighted by atomic mass is 16.5. The van der Waals surface area contributed by atoms with Gasteiger partial charge in [-0.05, 0) is 43.7 Å². The average molecular weight is 395 g/mol. The number of likely N-dealkylation sites (tertiary alicyclic amines) is 1. The minimum Gasteiger partial charge on any atom is -0.466 e. The molecular formula is C24H30N2O3. The molecule has 2 aromatic carbocycles. The summed E-state index contributed by atoms with van der Waals surface area (Å²) in [6.07, 6.45) is 2.85. The second-order valence-electron chi connectivity index (χ2n) is 7.62. The lowest BCUT2D eigenvalue weighted by atomic mass is 9.74. The van der Waals surface area contributed by atoms with E-state index in [-0.39, 0.29) is 12.0 Å². The molecule has 1 heterocycles. The number of hydrogen-bond acceptors (Lipinski definition) is 3. The topological polar surface area (TPSA) is 58.6 Å². The van der Waals surface area contributed by atoms with Gasteiger partial charge in [-0.1, -0.05) is 60.7 Å². The molecule has 3 rings (SSSR count). The van der Waals surface area contributed by atoms with Gasteiger partial charge in [-0.15, -0.1) is 0 Å². The minimum absolute atomic E-state index is 0.0747. The Morgan fingerprint density at radius 1 is 0.966 bits per heavy atom. The molecule has 0 spiro atoms. The van der Waals surface area contributed by atoms with Gasteiger partial charge >= 0.3 is 12.0 Å². The summed E-state index contributed by atoms with van der Waals surface area (Å²) in [4.78, 5) is 27.2. The molecule has 0 atom stereocenters. The molecule has 0 saturated carbocycles. The number of urea groups is 1. The summed E-state index contributed by atoms with van der Waals surface area (Å²) >= 11 is 0. The third-order valence-electron chi connectivity index (χ3n) is 5.74. The molecule has 1 N–H and O–H groups in total. The first-order valence-electron chi connectivity index (χ1n) is 10.4. The van der Waals surface area contributed by atoms with Crippen molar-refractivity contribution in [2.75, 3.05) is 19.7 Å². The Morgan fingerprint density at radius 2 is 1.55 bits per heavy atom. The molecule has 1 aliphatic heterocycles. The molecule has 0 aliphatic carbocycles. The highest BCUT2D eigenvalue weighted by Crippen LogP contribution is 2.37. The van der Waals surface area contributed by atoms with E-state index in [1.165, 1.54) is 5.56 Å². The number of nitrogens with zero attached hydrogens (tertiary/aromatic N) is 1. The van der Waals surface area contributed by atoms with Crippen molar-refractivity contribution in [2.24, 2.45) is 5.41 Å². The predicted molar refractivity (Wildman–Crippen MR) is 113 cm³/mol. The first-order valence-corrected chi connectivity index (χ1v) is 10.4. The van der Waals surface area contributed by atoms with Crippen molar-refractivity contribution in [3.63, 3.8) is 0 Å². The maximum atomic E-state index is 12.8. The van der Waals surface area contributed by atoms with Crippen molar-refractivity contribution < 1.29 is 14.3 Å². The second kappa shape index (κ2) is 10.1. The van der Waals surface area contributed by atoms with Crippen LogP contribution >= 0.6 is 0 Å². The summed E-state index contributed by atoms with van der Waals surface area (Å²) < 4.78 is 5.42. The molecule has 5 nitrogen and oxygen atoms in total. The van der Waals surface area contributed by atoms with E-state index in [0.717, 1.165) is 18.4 Å². The molecule has 0 unspecified atom stereocenters. The average Bonchev–Trinajstić information content (AvgIpc) is 2.78. The summed E-state index contributed by atoms with van der Waals surface area (Å²) in [6.45, 7) is 3.86. The maximum absolute atomic E-state index is 12.8. The number of nitrogens with one attached hydrogen (secondary N) is 1. The fourth-order valence-corrected chi connectivity index (χ4v) is 3.89. The number of piperidine rings is 1. The van der Waals surface area contributed by atoms with E-state index >= 15 is 0 Å². The summed E-state index contributed by atoms with van der Waals surface area (Å²) in [5, 5.41) is 2.98. The lowest BCUT2D eigenvalue weighted by Crippen LogP contribution is -2.50. The largest absolute Gasteiger partial charge is 0.466 e. The van der Waals surface area contributed by atoms with E-state index in [2.05, 4.69) is 17.4 Å². The standard InChI is InChI=1S/C24H30N2O3/c1-2-29-22(27)24(14-13-20-9-5-3-6-10-20)15-17-26(18-16-24)23(28)25-19-21-11-7-4-8-12-21/h3-12H,2,13-19H2,1H3,(H,25,28). The van der Waals surface area contributed by atoms with E-state index in [1.54, 1.807) is 0 Å². The van der Waals surface area contributed by atoms with Crippen LogP contribution in [0.2, 0.25) is 0 Å². The van der Waals surface area contributed by atoms with Gasteiger partial charge in [0.1, 0.15) is 0 Å². The fourth-order valence-electron chi connectivity index (χ4n) is 3.89. The number of hydrogen-bond donors (Lipinski definition) is 1. The number of ether oxygens (including phenoxy) is 1. The van der Waals surface area contributed by atoms with Gasteiger partial charge in [0.25, 0.3) is 0 Å². The molecule has 0 radical (unpaired) electrons. The highest BCUT2D eigenvalue weighted by Gasteiger charge is 2.43. The van der Waals surface area contributed by atoms with Crippen LogP contribution in [-0.4, -0.2) is 36.6 Å². The van der Waals surface area contributed by atoms with E-state index in [0.29, 0.717) is 39.1 Å². The number of benzene rings is 2. The van der Waals surface area contributed by atoms with Crippen molar-refractivity contribution >= 4 is 12.0 Å². The minimum atomic E-state index is -0.512. The van der Waals surface area contributed by atoms with E-state index in [9.17, 15) is 9.59 Å². The van der Waals surface area contributed by atoms with Gasteiger partial charge in [0.05, 0.1) is 12.0 Å². The van der Waals surface area contributed by atoms with Gasteiger partial charge in [-0.25, -0.2) is 4.79 Å². The van der Waals surface area contributed by atoms with Crippen LogP contribution in [0.3, 0.4) is 0 Å². The fraction of sp³-hybridized carbons (Fsp3) is 0.417. The first kappa shape index (κ1) is 20.9. The van der Waals surface area contributed by atoms with Gasteiger partial charge in [0, 0.05) is 19.6 Å². The third kappa shape index (κ3) is 5.59. The van der Waals surface area contributed by atoms with Crippen LogP contribution in [-0.2, 0) is 22.5 Å². The monoisotopic (exact) mass is 394 g/mol. The lowest BCUT2D eigenvalue weighted by Gasteiger charge is -2.40. The predicted octanol–water partition coefficient (Wildman–Crippen LogP) is 4.17. The number of carbonyl (C=O) groups is 2. The van der Waals surface area contributed by atoms with Crippen LogP contribution in [0, 0.1) is 5.41 Å². The molecule has 29 heavy (non-hydrogen) atoms. The summed E-state index contributed by atoms with van der Waals surface area (Å²) in [6, 6.07) is 20.0. The third-order valence-corrected chi connectivity index (χ3v) is 5.74. The van der Waals surface area contributed by atoms with E-state index in [4.69, 9.17) is 4.74 Å². The van der Waals surface area contributed by atoms with Crippen molar-refractivity contribution in [1.29, 1.82) is 0 Å². The molecular weight excluding hydrogens is 364 g/mol. The van der Waals surface area contributed by atoms with E-state index in [1.807, 2.05) is 60.4 Å². The lowest BCUT2D eigenvalue weighted by molar-refractivity contribution is -0.158. The van der Waals surface area contributed by atoms with Crippen molar-refractivity contribution in [3.05, 3.63) is 71.8 Å². The van der Waals surface area contributed by atoms with Crippen LogP contribution < -0.4 is 5.32 Å². The van der Waals surface area contributed by atoms with Crippen molar-refractivity contribution in [2.45, 2.75) is 39.2 Å². The zero-order valence-electron chi connectivity index (χ0n) is 17.1. The number of aryl methyl sites for hydroxylation is 1. The molecule has 2 amide bonds. The molecule has 5 heteroatoms. The Bertz CT molecular complexity index is 784. The van der Waals surface area contributed by atoms with Crippen LogP contribution in [0.1, 0.15) is 37.3 Å². The zero-order chi connectivity index (χ0) is 20.5. The summed E-state index contributed by atoms with van der Waals surface area (Å²) in [5.74, 6) is -0.125. The Morgan fingerprint density at radius 3 is 2.14 bits per heavy atom. The maximum Gasteiger partial charge on any atom is 0.317 e. The van der Waals surface area contributed by atoms with Crippen LogP contribution in [0.15, 0.2) is 60.7 Å². The smallest absolute Gasteiger partial charge is 0.317 e. The SMILES string of the molecule is CCOC(=O)C1(CCc2ccccc2)CCN(C(=O)NCc2ccccc2)CC1. The summed E-state index contributed by atoms with van der Waals surface area (Å²) in [5.41, 5.74) is 1.78. The zero-order valence-corrected chi connectivity index (χ0v) is 17.1. The van der Waals surface area contributed by atoms with Crippen LogP contribution in [0.4, 0.5) is 4.79 Å². The molecule has 0 aromatic heterocycles. The Balaban J connectivity index is 1.57. The van der Waals surface area contributed by atoms with Gasteiger partial charge in [-0.3, -0.25) is 4.79 Å². The molecule has 2 aromatic rings. The summed E-state index contributed by atoms with van der Waals surface area (Å²) in [7, 11) is 0. The van der Waals surface area contributed by atoms with E-state index < -0.39 is 5.41 Å². The van der Waals surface area contributed by atoms with Crippen LogP contribution in [0.25, 0.3) is 0 Å². The normalized spacial score (nSPS) is 15.6. The van der Waals surface area contributed by atoms with Crippen LogP contribution in [0.5, 0.6) is 0 Å². The number of esters is 1. The highest BCUT2D eigenvalue weighted by molar-refractivity contribution is 5.78. The quantitative estimate of drug-likeness (QED) is 0.717. The molecule has 1 aliphatic rings. The molecule has 1 fully saturated rings. The van der Waals surface area contributed by atoms with Gasteiger partial charge in [-0.2, -0.15) is 0 Å². The second-order valence-corrected chi connectivity index (χ2v) is 7.62. The van der Waals surface area contributed by atoms with Gasteiger partial charge in [0.15, 0.2) is 0 Å². The Hall–Kier alpha value is -2.82. The number of amides is 2. The first-order chi connectivity index (χ1) is 14.1. The number of carbonyl (C=O) groups excluding carboxylic acids is 2. The van der Waals surface area contributed by atoms with Crippen molar-refractivity contribution in [1.82, 2.24) is 10.2 Å². The Labute approximate surface area is 173 Å². The number of rotatable bonds is 7. The molecule has 0 bridgehead atoms. The molecule has 1 saturated heterocycles. The Kier molecular flexibility index (Phi) is 7.28.